The SMILES string of the molecule is CCC[C@@H](C)NC(=O)[C@@H]1CN(S(=O)(=O)c2ccccc2)CCN1S(=O)(=O)c1ccccc1. The Labute approximate surface area is 190 Å². The fourth-order valence-electron chi connectivity index (χ4n) is 3.77. The highest BCUT2D eigenvalue weighted by Crippen LogP contribution is 2.25. The highest BCUT2D eigenvalue weighted by Gasteiger charge is 2.43. The maximum Gasteiger partial charge on any atom is 0.243 e. The van der Waals surface area contributed by atoms with Crippen molar-refractivity contribution in [1.82, 2.24) is 13.9 Å². The van der Waals surface area contributed by atoms with Crippen LogP contribution in [-0.4, -0.2) is 63.1 Å². The van der Waals surface area contributed by atoms with E-state index in [1.165, 1.54) is 28.6 Å². The first-order valence-corrected chi connectivity index (χ1v) is 13.5. The lowest BCUT2D eigenvalue weighted by Gasteiger charge is -2.39. The van der Waals surface area contributed by atoms with Gasteiger partial charge in [-0.2, -0.15) is 8.61 Å². The number of nitrogens with zero attached hydrogens (tertiary/aromatic N) is 2. The van der Waals surface area contributed by atoms with Crippen LogP contribution in [0.2, 0.25) is 0 Å². The molecule has 2 aromatic rings. The number of carbonyl (C=O) groups excluding carboxylic acids is 1. The largest absolute Gasteiger partial charge is 0.352 e. The lowest BCUT2D eigenvalue weighted by atomic mass is 10.1. The summed E-state index contributed by atoms with van der Waals surface area (Å²) in [7, 11) is -7.86. The van der Waals surface area contributed by atoms with E-state index in [9.17, 15) is 21.6 Å². The predicted octanol–water partition coefficient (Wildman–Crippen LogP) is 2.06. The number of sulfonamides is 2. The van der Waals surface area contributed by atoms with Crippen LogP contribution in [0.25, 0.3) is 0 Å². The number of benzene rings is 2. The average Bonchev–Trinajstić information content (AvgIpc) is 2.80. The van der Waals surface area contributed by atoms with Crippen molar-refractivity contribution in [2.45, 2.75) is 48.6 Å². The number of nitrogens with one attached hydrogen (secondary N) is 1. The molecule has 2 aromatic carbocycles. The molecule has 1 N–H and O–H groups in total. The molecular formula is C22H29N3O5S2. The number of hydrogen-bond acceptors (Lipinski definition) is 5. The summed E-state index contributed by atoms with van der Waals surface area (Å²) in [6, 6.07) is 14.5. The zero-order valence-corrected chi connectivity index (χ0v) is 19.8. The lowest BCUT2D eigenvalue weighted by Crippen LogP contribution is -2.61. The highest BCUT2D eigenvalue weighted by atomic mass is 32.2. The second-order valence-electron chi connectivity index (χ2n) is 7.82. The van der Waals surface area contributed by atoms with E-state index in [1.807, 2.05) is 13.8 Å². The van der Waals surface area contributed by atoms with Gasteiger partial charge in [0.1, 0.15) is 6.04 Å². The topological polar surface area (TPSA) is 104 Å². The van der Waals surface area contributed by atoms with Crippen molar-refractivity contribution in [1.29, 1.82) is 0 Å². The molecule has 1 saturated heterocycles. The Morgan fingerprint density at radius 3 is 2.00 bits per heavy atom. The van der Waals surface area contributed by atoms with Crippen molar-refractivity contribution < 1.29 is 21.6 Å². The second kappa shape index (κ2) is 10.1. The summed E-state index contributed by atoms with van der Waals surface area (Å²) in [5, 5.41) is 2.85. The maximum atomic E-state index is 13.3. The molecule has 0 unspecified atom stereocenters. The Morgan fingerprint density at radius 2 is 1.47 bits per heavy atom. The molecule has 3 rings (SSSR count). The van der Waals surface area contributed by atoms with Crippen LogP contribution in [-0.2, 0) is 24.8 Å². The van der Waals surface area contributed by atoms with E-state index >= 15 is 0 Å². The van der Waals surface area contributed by atoms with Gasteiger partial charge in [-0.25, -0.2) is 16.8 Å². The molecule has 0 aliphatic carbocycles. The zero-order chi connectivity index (χ0) is 23.4. The molecule has 32 heavy (non-hydrogen) atoms. The lowest BCUT2D eigenvalue weighted by molar-refractivity contribution is -0.126. The van der Waals surface area contributed by atoms with E-state index in [1.54, 1.807) is 36.4 Å². The van der Waals surface area contributed by atoms with Crippen molar-refractivity contribution in [3.8, 4) is 0 Å². The molecule has 1 aliphatic heterocycles. The molecule has 0 aromatic heterocycles. The minimum Gasteiger partial charge on any atom is -0.352 e. The van der Waals surface area contributed by atoms with Gasteiger partial charge in [0.15, 0.2) is 0 Å². The standard InChI is InChI=1S/C22H29N3O5S2/c1-3-10-18(2)23-22(26)21-17-24(31(27,28)19-11-6-4-7-12-19)15-16-25(21)32(29,30)20-13-8-5-9-14-20/h4-9,11-14,18,21H,3,10,15-17H2,1-2H3,(H,23,26)/t18-,21+/m1/s1. The number of piperazine rings is 1. The second-order valence-corrected chi connectivity index (χ2v) is 11.6. The number of amides is 1. The molecule has 1 fully saturated rings. The van der Waals surface area contributed by atoms with Gasteiger partial charge in [0.2, 0.25) is 26.0 Å². The summed E-state index contributed by atoms with van der Waals surface area (Å²) in [4.78, 5) is 13.3. The first kappa shape index (κ1) is 24.4. The fraction of sp³-hybridized carbons (Fsp3) is 0.409. The number of rotatable bonds is 8. The van der Waals surface area contributed by atoms with Gasteiger partial charge >= 0.3 is 0 Å². The fourth-order valence-corrected chi connectivity index (χ4v) is 6.82. The summed E-state index contributed by atoms with van der Waals surface area (Å²) >= 11 is 0. The van der Waals surface area contributed by atoms with Gasteiger partial charge in [-0.1, -0.05) is 49.7 Å². The summed E-state index contributed by atoms with van der Waals surface area (Å²) in [6.45, 7) is 3.41. The first-order valence-electron chi connectivity index (χ1n) is 10.6. The van der Waals surface area contributed by atoms with E-state index in [0.717, 1.165) is 17.1 Å². The molecule has 174 valence electrons. The monoisotopic (exact) mass is 479 g/mol. The smallest absolute Gasteiger partial charge is 0.243 e. The normalized spacial score (nSPS) is 19.4. The van der Waals surface area contributed by atoms with Crippen molar-refractivity contribution in [3.05, 3.63) is 60.7 Å². The van der Waals surface area contributed by atoms with Gasteiger partial charge < -0.3 is 5.32 Å². The minimum atomic E-state index is -3.99. The quantitative estimate of drug-likeness (QED) is 0.624. The van der Waals surface area contributed by atoms with Crippen LogP contribution >= 0.6 is 0 Å². The summed E-state index contributed by atoms with van der Waals surface area (Å²) < 4.78 is 55.2. The van der Waals surface area contributed by atoms with Crippen LogP contribution in [0.3, 0.4) is 0 Å². The summed E-state index contributed by atoms with van der Waals surface area (Å²) in [5.41, 5.74) is 0. The molecule has 10 heteroatoms. The van der Waals surface area contributed by atoms with E-state index in [0.29, 0.717) is 0 Å². The molecular weight excluding hydrogens is 450 g/mol. The van der Waals surface area contributed by atoms with Gasteiger partial charge in [-0.15, -0.1) is 0 Å². The van der Waals surface area contributed by atoms with Crippen molar-refractivity contribution >= 4 is 26.0 Å². The van der Waals surface area contributed by atoms with Crippen LogP contribution in [0.4, 0.5) is 0 Å². The Balaban J connectivity index is 1.94. The van der Waals surface area contributed by atoms with Gasteiger partial charge in [0, 0.05) is 25.7 Å². The maximum absolute atomic E-state index is 13.3. The number of hydrogen-bond donors (Lipinski definition) is 1. The minimum absolute atomic E-state index is 0.0441. The van der Waals surface area contributed by atoms with Crippen LogP contribution in [0, 0.1) is 0 Å². The van der Waals surface area contributed by atoms with Gasteiger partial charge in [0.25, 0.3) is 0 Å². The molecule has 0 spiro atoms. The van der Waals surface area contributed by atoms with Gasteiger partial charge in [-0.3, -0.25) is 4.79 Å². The Morgan fingerprint density at radius 1 is 0.938 bits per heavy atom. The third-order valence-corrected chi connectivity index (χ3v) is 9.24. The van der Waals surface area contributed by atoms with Crippen LogP contribution < -0.4 is 5.32 Å². The molecule has 1 aliphatic rings. The summed E-state index contributed by atoms with van der Waals surface area (Å²) in [5.74, 6) is -0.501. The first-order chi connectivity index (χ1) is 15.2. The van der Waals surface area contributed by atoms with E-state index < -0.39 is 32.0 Å². The molecule has 1 amide bonds. The van der Waals surface area contributed by atoms with Crippen LogP contribution in [0.5, 0.6) is 0 Å². The Hall–Kier alpha value is -2.27. The summed E-state index contributed by atoms with van der Waals surface area (Å²) in [6.07, 6.45) is 1.59. The van der Waals surface area contributed by atoms with Crippen molar-refractivity contribution in [3.63, 3.8) is 0 Å². The molecule has 2 atom stereocenters. The predicted molar refractivity (Wildman–Crippen MR) is 122 cm³/mol. The zero-order valence-electron chi connectivity index (χ0n) is 18.2. The van der Waals surface area contributed by atoms with E-state index in [2.05, 4.69) is 5.32 Å². The highest BCUT2D eigenvalue weighted by molar-refractivity contribution is 7.89. The average molecular weight is 480 g/mol. The molecule has 0 saturated carbocycles. The molecule has 0 bridgehead atoms. The Kier molecular flexibility index (Phi) is 7.71. The third-order valence-electron chi connectivity index (χ3n) is 5.44. The third kappa shape index (κ3) is 5.20. The molecule has 8 nitrogen and oxygen atoms in total. The number of carbonyl (C=O) groups is 1. The van der Waals surface area contributed by atoms with Crippen molar-refractivity contribution in [2.75, 3.05) is 19.6 Å². The Bertz CT molecular complexity index is 1120. The van der Waals surface area contributed by atoms with Gasteiger partial charge in [-0.05, 0) is 37.6 Å². The van der Waals surface area contributed by atoms with Gasteiger partial charge in [0.05, 0.1) is 9.79 Å². The molecule has 1 heterocycles. The van der Waals surface area contributed by atoms with Crippen LogP contribution in [0.15, 0.2) is 70.5 Å². The van der Waals surface area contributed by atoms with E-state index in [-0.39, 0.29) is 35.5 Å². The van der Waals surface area contributed by atoms with Crippen LogP contribution in [0.1, 0.15) is 26.7 Å². The van der Waals surface area contributed by atoms with E-state index in [4.69, 9.17) is 0 Å². The van der Waals surface area contributed by atoms with Crippen molar-refractivity contribution in [2.24, 2.45) is 0 Å². The molecule has 0 radical (unpaired) electrons.